The Labute approximate surface area is 195 Å². The Balaban J connectivity index is 1.39. The molecule has 2 aromatic carbocycles. The molecule has 0 aliphatic carbocycles. The summed E-state index contributed by atoms with van der Waals surface area (Å²) in [6, 6.07) is 11.0. The molecular weight excluding hydrogens is 436 g/mol. The third-order valence-electron chi connectivity index (χ3n) is 5.95. The number of ketones is 1. The van der Waals surface area contributed by atoms with Crippen LogP contribution in [-0.2, 0) is 0 Å². The first-order chi connectivity index (χ1) is 16.5. The van der Waals surface area contributed by atoms with E-state index < -0.39 is 6.09 Å². The normalized spacial score (nSPS) is 16.8. The van der Waals surface area contributed by atoms with Gasteiger partial charge in [-0.1, -0.05) is 30.0 Å². The number of ether oxygens (including phenoxy) is 2. The van der Waals surface area contributed by atoms with Crippen molar-refractivity contribution < 1.29 is 24.2 Å². The highest BCUT2D eigenvalue weighted by Crippen LogP contribution is 2.39. The lowest BCUT2D eigenvalue weighted by Crippen LogP contribution is -2.48. The van der Waals surface area contributed by atoms with Crippen molar-refractivity contribution in [1.82, 2.24) is 20.0 Å². The quantitative estimate of drug-likeness (QED) is 0.459. The second-order valence-corrected chi connectivity index (χ2v) is 7.96. The lowest BCUT2D eigenvalue weighted by Gasteiger charge is -2.31. The Bertz CT molecular complexity index is 1370. The number of Topliss-reactive ketones (excluding diaryl/α,β-unsaturated/α-hetero) is 1. The van der Waals surface area contributed by atoms with Crippen LogP contribution in [0.4, 0.5) is 4.79 Å². The number of para-hydroxylation sites is 1. The average molecular weight is 458 g/mol. The Kier molecular flexibility index (Phi) is 5.65. The molecule has 3 heterocycles. The Morgan fingerprint density at radius 1 is 1.24 bits per heavy atom. The van der Waals surface area contributed by atoms with Crippen LogP contribution in [0.1, 0.15) is 21.6 Å². The van der Waals surface area contributed by atoms with Gasteiger partial charge in [0.05, 0.1) is 30.4 Å². The van der Waals surface area contributed by atoms with E-state index in [0.717, 1.165) is 10.9 Å². The summed E-state index contributed by atoms with van der Waals surface area (Å²) < 4.78 is 11.5. The molecule has 9 heteroatoms. The van der Waals surface area contributed by atoms with Gasteiger partial charge in [0.15, 0.2) is 11.5 Å². The molecule has 1 amide bonds. The van der Waals surface area contributed by atoms with Crippen molar-refractivity contribution in [3.05, 3.63) is 59.0 Å². The minimum absolute atomic E-state index is 0.174. The second kappa shape index (κ2) is 8.92. The summed E-state index contributed by atoms with van der Waals surface area (Å²) in [5.74, 6) is 7.05. The van der Waals surface area contributed by atoms with Gasteiger partial charge in [0, 0.05) is 37.6 Å². The number of methoxy groups -OCH3 is 1. The molecule has 5 rings (SSSR count). The number of benzene rings is 2. The Hall–Kier alpha value is -4.29. The molecule has 2 aliphatic rings. The SMILES string of the molecule is COc1ccc2c(c1C#CCN1CCN(C(=O)O)CC1)O/C(=C\c1n[nH]c3ccccc13)C2=O. The summed E-state index contributed by atoms with van der Waals surface area (Å²) in [5.41, 5.74) is 2.42. The Morgan fingerprint density at radius 2 is 2.03 bits per heavy atom. The van der Waals surface area contributed by atoms with Crippen molar-refractivity contribution in [2.45, 2.75) is 0 Å². The number of aromatic nitrogens is 2. The van der Waals surface area contributed by atoms with E-state index in [1.54, 1.807) is 25.3 Å². The highest BCUT2D eigenvalue weighted by Gasteiger charge is 2.31. The average Bonchev–Trinajstić information content (AvgIpc) is 3.41. The first-order valence-corrected chi connectivity index (χ1v) is 10.8. The second-order valence-electron chi connectivity index (χ2n) is 7.96. The number of rotatable bonds is 3. The number of carbonyl (C=O) groups excluding carboxylic acids is 1. The van der Waals surface area contributed by atoms with Gasteiger partial charge in [0.1, 0.15) is 11.3 Å². The summed E-state index contributed by atoms with van der Waals surface area (Å²) in [4.78, 5) is 27.6. The van der Waals surface area contributed by atoms with Gasteiger partial charge in [-0.25, -0.2) is 4.79 Å². The van der Waals surface area contributed by atoms with Gasteiger partial charge in [-0.3, -0.25) is 14.8 Å². The predicted octanol–water partition coefficient (Wildman–Crippen LogP) is 2.83. The van der Waals surface area contributed by atoms with Gasteiger partial charge in [0.25, 0.3) is 0 Å². The number of amides is 1. The highest BCUT2D eigenvalue weighted by molar-refractivity contribution is 6.15. The minimum Gasteiger partial charge on any atom is -0.495 e. The topological polar surface area (TPSA) is 108 Å². The van der Waals surface area contributed by atoms with Crippen LogP contribution in [0.15, 0.2) is 42.2 Å². The first-order valence-electron chi connectivity index (χ1n) is 10.8. The van der Waals surface area contributed by atoms with Gasteiger partial charge in [-0.15, -0.1) is 0 Å². The highest BCUT2D eigenvalue weighted by atomic mass is 16.5. The number of allylic oxidation sites excluding steroid dienone is 1. The number of carboxylic acid groups (broad SMARTS) is 1. The van der Waals surface area contributed by atoms with Gasteiger partial charge in [0.2, 0.25) is 5.78 Å². The van der Waals surface area contributed by atoms with Crippen LogP contribution in [0.3, 0.4) is 0 Å². The lowest BCUT2D eigenvalue weighted by molar-refractivity contribution is 0.101. The number of fused-ring (bicyclic) bond motifs is 2. The molecule has 0 unspecified atom stereocenters. The van der Waals surface area contributed by atoms with E-state index in [1.807, 2.05) is 24.3 Å². The zero-order valence-electron chi connectivity index (χ0n) is 18.5. The maximum Gasteiger partial charge on any atom is 0.407 e. The van der Waals surface area contributed by atoms with Crippen molar-refractivity contribution in [2.24, 2.45) is 0 Å². The van der Waals surface area contributed by atoms with Crippen molar-refractivity contribution in [2.75, 3.05) is 39.8 Å². The number of hydrogen-bond acceptors (Lipinski definition) is 6. The summed E-state index contributed by atoms with van der Waals surface area (Å²) in [5, 5.41) is 17.2. The van der Waals surface area contributed by atoms with E-state index in [1.165, 1.54) is 4.90 Å². The summed E-state index contributed by atoms with van der Waals surface area (Å²) in [6.45, 7) is 2.61. The number of nitrogens with zero attached hydrogens (tertiary/aromatic N) is 3. The number of nitrogens with one attached hydrogen (secondary N) is 1. The molecule has 34 heavy (non-hydrogen) atoms. The smallest absolute Gasteiger partial charge is 0.407 e. The molecule has 2 N–H and O–H groups in total. The van der Waals surface area contributed by atoms with Gasteiger partial charge < -0.3 is 19.5 Å². The number of aromatic amines is 1. The fourth-order valence-electron chi connectivity index (χ4n) is 4.08. The van der Waals surface area contributed by atoms with Crippen molar-refractivity contribution in [3.63, 3.8) is 0 Å². The summed E-state index contributed by atoms with van der Waals surface area (Å²) in [7, 11) is 1.54. The number of hydrogen-bond donors (Lipinski definition) is 2. The maximum absolute atomic E-state index is 13.0. The van der Waals surface area contributed by atoms with E-state index in [4.69, 9.17) is 14.6 Å². The molecule has 3 aromatic rings. The van der Waals surface area contributed by atoms with Crippen LogP contribution in [0.2, 0.25) is 0 Å². The largest absolute Gasteiger partial charge is 0.495 e. The van der Waals surface area contributed by atoms with Crippen molar-refractivity contribution in [1.29, 1.82) is 0 Å². The molecule has 9 nitrogen and oxygen atoms in total. The molecular formula is C25H22N4O5. The standard InChI is InChI=1S/C25H22N4O5/c1-33-21-9-8-18-23(30)22(15-20-16-5-2-3-7-19(16)26-27-20)34-24(18)17(21)6-4-10-28-11-13-29(14-12-28)25(31)32/h2-3,5,7-9,15H,10-14H2,1H3,(H,26,27)(H,31,32)/b22-15-. The van der Waals surface area contributed by atoms with Crippen LogP contribution in [0.25, 0.3) is 17.0 Å². The van der Waals surface area contributed by atoms with E-state index in [-0.39, 0.29) is 11.5 Å². The summed E-state index contributed by atoms with van der Waals surface area (Å²) in [6.07, 6.45) is 0.733. The molecule has 2 aliphatic heterocycles. The van der Waals surface area contributed by atoms with Crippen molar-refractivity contribution >= 4 is 28.9 Å². The Morgan fingerprint density at radius 3 is 2.79 bits per heavy atom. The van der Waals surface area contributed by atoms with E-state index in [9.17, 15) is 9.59 Å². The van der Waals surface area contributed by atoms with E-state index in [2.05, 4.69) is 26.9 Å². The molecule has 0 radical (unpaired) electrons. The fraction of sp³-hybridized carbons (Fsp3) is 0.240. The fourth-order valence-corrected chi connectivity index (χ4v) is 4.08. The third kappa shape index (κ3) is 3.95. The zero-order chi connectivity index (χ0) is 23.7. The van der Waals surface area contributed by atoms with Crippen LogP contribution in [-0.4, -0.2) is 76.8 Å². The predicted molar refractivity (Wildman–Crippen MR) is 125 cm³/mol. The third-order valence-corrected chi connectivity index (χ3v) is 5.95. The minimum atomic E-state index is -0.899. The van der Waals surface area contributed by atoms with Crippen molar-refractivity contribution in [3.8, 4) is 23.3 Å². The molecule has 0 bridgehead atoms. The molecule has 1 saturated heterocycles. The van der Waals surface area contributed by atoms with Gasteiger partial charge >= 0.3 is 6.09 Å². The summed E-state index contributed by atoms with van der Waals surface area (Å²) >= 11 is 0. The molecule has 0 spiro atoms. The molecule has 0 atom stereocenters. The van der Waals surface area contributed by atoms with Crippen LogP contribution in [0.5, 0.6) is 11.5 Å². The molecule has 172 valence electrons. The zero-order valence-corrected chi connectivity index (χ0v) is 18.5. The van der Waals surface area contributed by atoms with E-state index >= 15 is 0 Å². The van der Waals surface area contributed by atoms with E-state index in [0.29, 0.717) is 61.0 Å². The van der Waals surface area contributed by atoms with Crippen LogP contribution in [0, 0.1) is 11.8 Å². The lowest BCUT2D eigenvalue weighted by atomic mass is 10.1. The van der Waals surface area contributed by atoms with Gasteiger partial charge in [-0.2, -0.15) is 5.10 Å². The maximum atomic E-state index is 13.0. The molecule has 1 aromatic heterocycles. The van der Waals surface area contributed by atoms with Gasteiger partial charge in [-0.05, 0) is 18.2 Å². The monoisotopic (exact) mass is 458 g/mol. The number of piperazine rings is 1. The molecule has 1 fully saturated rings. The van der Waals surface area contributed by atoms with Crippen LogP contribution < -0.4 is 9.47 Å². The number of H-pyrrole nitrogens is 1. The first kappa shape index (κ1) is 21.6. The van der Waals surface area contributed by atoms with Crippen LogP contribution >= 0.6 is 0 Å². The molecule has 0 saturated carbocycles. The number of carbonyl (C=O) groups is 2.